The SMILES string of the molecule is CC(C)(C)[Si](C)(C)OCC(C=O)CNC(=O)OCc1ccccc1. The summed E-state index contributed by atoms with van der Waals surface area (Å²) in [6.07, 6.45) is 0.294. The van der Waals surface area contributed by atoms with Crippen LogP contribution in [0.15, 0.2) is 30.3 Å². The molecule has 1 rings (SSSR count). The van der Waals surface area contributed by atoms with E-state index in [1.807, 2.05) is 30.3 Å². The van der Waals surface area contributed by atoms with Gasteiger partial charge in [0.05, 0.1) is 5.92 Å². The van der Waals surface area contributed by atoms with Gasteiger partial charge in [-0.3, -0.25) is 0 Å². The van der Waals surface area contributed by atoms with Crippen LogP contribution < -0.4 is 5.32 Å². The summed E-state index contributed by atoms with van der Waals surface area (Å²) >= 11 is 0. The maximum absolute atomic E-state index is 11.7. The highest BCUT2D eigenvalue weighted by Crippen LogP contribution is 2.36. The fourth-order valence-electron chi connectivity index (χ4n) is 1.67. The summed E-state index contributed by atoms with van der Waals surface area (Å²) < 4.78 is 11.1. The van der Waals surface area contributed by atoms with Gasteiger partial charge in [-0.15, -0.1) is 0 Å². The Morgan fingerprint density at radius 3 is 2.42 bits per heavy atom. The first-order valence-corrected chi connectivity index (χ1v) is 11.1. The van der Waals surface area contributed by atoms with Gasteiger partial charge < -0.3 is 19.3 Å². The van der Waals surface area contributed by atoms with Crippen molar-refractivity contribution >= 4 is 20.7 Å². The van der Waals surface area contributed by atoms with Crippen molar-refractivity contribution in [3.8, 4) is 0 Å². The van der Waals surface area contributed by atoms with Crippen LogP contribution in [0.25, 0.3) is 0 Å². The van der Waals surface area contributed by atoms with Crippen molar-refractivity contribution in [1.29, 1.82) is 0 Å². The second-order valence-corrected chi connectivity index (χ2v) is 12.2. The Bertz CT molecular complexity index is 526. The Morgan fingerprint density at radius 1 is 1.25 bits per heavy atom. The fourth-order valence-corrected chi connectivity index (χ4v) is 2.73. The normalized spacial score (nSPS) is 13.2. The molecule has 5 nitrogen and oxygen atoms in total. The Kier molecular flexibility index (Phi) is 7.63. The largest absolute Gasteiger partial charge is 0.445 e. The average molecular weight is 352 g/mol. The van der Waals surface area contributed by atoms with Crippen molar-refractivity contribution in [1.82, 2.24) is 5.32 Å². The number of hydrogen-bond acceptors (Lipinski definition) is 4. The topological polar surface area (TPSA) is 64.6 Å². The molecule has 0 aromatic heterocycles. The van der Waals surface area contributed by atoms with Crippen LogP contribution in [-0.2, 0) is 20.6 Å². The Balaban J connectivity index is 2.35. The van der Waals surface area contributed by atoms with Crippen molar-refractivity contribution in [2.45, 2.75) is 45.5 Å². The molecule has 1 unspecified atom stereocenters. The highest BCUT2D eigenvalue weighted by Gasteiger charge is 2.37. The molecular weight excluding hydrogens is 322 g/mol. The summed E-state index contributed by atoms with van der Waals surface area (Å²) in [4.78, 5) is 22.9. The van der Waals surface area contributed by atoms with Crippen LogP contribution in [0.2, 0.25) is 18.1 Å². The predicted octanol–water partition coefficient (Wildman–Crippen LogP) is 3.75. The molecule has 1 aromatic rings. The van der Waals surface area contributed by atoms with Crippen LogP contribution in [0.3, 0.4) is 0 Å². The molecular formula is C18H29NO4Si. The van der Waals surface area contributed by atoms with Gasteiger partial charge in [-0.2, -0.15) is 0 Å². The first-order chi connectivity index (χ1) is 11.2. The van der Waals surface area contributed by atoms with Crippen LogP contribution in [0.5, 0.6) is 0 Å². The van der Waals surface area contributed by atoms with E-state index in [1.165, 1.54) is 0 Å². The summed E-state index contributed by atoms with van der Waals surface area (Å²) in [5.74, 6) is -0.372. The number of aldehydes is 1. The van der Waals surface area contributed by atoms with Crippen molar-refractivity contribution in [3.63, 3.8) is 0 Å². The molecule has 0 aliphatic rings. The summed E-state index contributed by atoms with van der Waals surface area (Å²) in [6.45, 7) is 11.5. The molecule has 1 atom stereocenters. The maximum Gasteiger partial charge on any atom is 0.407 e. The number of benzene rings is 1. The fraction of sp³-hybridized carbons (Fsp3) is 0.556. The van der Waals surface area contributed by atoms with E-state index in [2.05, 4.69) is 39.2 Å². The van der Waals surface area contributed by atoms with Gasteiger partial charge in [-0.05, 0) is 23.7 Å². The number of nitrogens with one attached hydrogen (secondary N) is 1. The second kappa shape index (κ2) is 8.99. The molecule has 0 radical (unpaired) electrons. The zero-order chi connectivity index (χ0) is 18.2. The number of ether oxygens (including phenoxy) is 1. The quantitative estimate of drug-likeness (QED) is 0.572. The molecule has 6 heteroatoms. The predicted molar refractivity (Wildman–Crippen MR) is 97.3 cm³/mol. The Morgan fingerprint density at radius 2 is 1.88 bits per heavy atom. The number of rotatable bonds is 8. The lowest BCUT2D eigenvalue weighted by Gasteiger charge is -2.36. The van der Waals surface area contributed by atoms with Crippen LogP contribution in [0.4, 0.5) is 4.79 Å². The minimum Gasteiger partial charge on any atom is -0.445 e. The van der Waals surface area contributed by atoms with Crippen molar-refractivity contribution < 1.29 is 18.8 Å². The molecule has 24 heavy (non-hydrogen) atoms. The summed E-state index contributed by atoms with van der Waals surface area (Å²) in [5.41, 5.74) is 0.917. The monoisotopic (exact) mass is 351 g/mol. The maximum atomic E-state index is 11.7. The first-order valence-electron chi connectivity index (χ1n) is 8.19. The van der Waals surface area contributed by atoms with Crippen LogP contribution in [0.1, 0.15) is 26.3 Å². The van der Waals surface area contributed by atoms with E-state index in [4.69, 9.17) is 9.16 Å². The van der Waals surface area contributed by atoms with E-state index in [0.29, 0.717) is 6.61 Å². The highest BCUT2D eigenvalue weighted by molar-refractivity contribution is 6.74. The minimum absolute atomic E-state index is 0.0858. The molecule has 0 bridgehead atoms. The van der Waals surface area contributed by atoms with Crippen molar-refractivity contribution in [2.24, 2.45) is 5.92 Å². The lowest BCUT2D eigenvalue weighted by molar-refractivity contribution is -0.111. The zero-order valence-corrected chi connectivity index (χ0v) is 16.3. The Hall–Kier alpha value is -1.66. The lowest BCUT2D eigenvalue weighted by atomic mass is 10.2. The van der Waals surface area contributed by atoms with Gasteiger partial charge in [0.15, 0.2) is 8.32 Å². The number of alkyl carbamates (subject to hydrolysis) is 1. The van der Waals surface area contributed by atoms with Crippen molar-refractivity contribution in [2.75, 3.05) is 13.2 Å². The molecule has 1 aromatic carbocycles. The van der Waals surface area contributed by atoms with Gasteiger partial charge in [-0.1, -0.05) is 51.1 Å². The van der Waals surface area contributed by atoms with Gasteiger partial charge in [0.2, 0.25) is 0 Å². The Labute approximate surface area is 145 Å². The lowest BCUT2D eigenvalue weighted by Crippen LogP contribution is -2.43. The minimum atomic E-state index is -1.90. The number of carbonyl (C=O) groups is 2. The summed E-state index contributed by atoms with van der Waals surface area (Å²) in [5, 5.41) is 2.71. The smallest absolute Gasteiger partial charge is 0.407 e. The molecule has 134 valence electrons. The zero-order valence-electron chi connectivity index (χ0n) is 15.3. The molecule has 0 spiro atoms. The van der Waals surface area contributed by atoms with E-state index in [-0.39, 0.29) is 24.1 Å². The molecule has 0 heterocycles. The van der Waals surface area contributed by atoms with E-state index < -0.39 is 14.4 Å². The van der Waals surface area contributed by atoms with E-state index in [1.54, 1.807) is 0 Å². The molecule has 0 aliphatic heterocycles. The second-order valence-electron chi connectivity index (χ2n) is 7.41. The number of carbonyl (C=O) groups excluding carboxylic acids is 2. The number of hydrogen-bond donors (Lipinski definition) is 1. The molecule has 1 N–H and O–H groups in total. The average Bonchev–Trinajstić information content (AvgIpc) is 2.53. The highest BCUT2D eigenvalue weighted by atomic mass is 28.4. The van der Waals surface area contributed by atoms with E-state index >= 15 is 0 Å². The summed E-state index contributed by atoms with van der Waals surface area (Å²) in [6, 6.07) is 9.44. The van der Waals surface area contributed by atoms with E-state index in [0.717, 1.165) is 11.8 Å². The molecule has 0 saturated carbocycles. The standard InChI is InChI=1S/C18H29NO4Si/c1-18(2,3)24(4,5)23-14-16(12-20)11-19-17(21)22-13-15-9-7-6-8-10-15/h6-10,12,16H,11,13-14H2,1-5H3,(H,19,21). The first kappa shape index (κ1) is 20.4. The van der Waals surface area contributed by atoms with Gasteiger partial charge >= 0.3 is 6.09 Å². The third-order valence-electron chi connectivity index (χ3n) is 4.38. The third-order valence-corrected chi connectivity index (χ3v) is 8.88. The van der Waals surface area contributed by atoms with Gasteiger partial charge in [-0.25, -0.2) is 4.79 Å². The van der Waals surface area contributed by atoms with Crippen LogP contribution in [0, 0.1) is 5.92 Å². The molecule has 0 aliphatic carbocycles. The molecule has 0 saturated heterocycles. The third kappa shape index (κ3) is 6.84. The van der Waals surface area contributed by atoms with Crippen LogP contribution in [-0.4, -0.2) is 33.8 Å². The van der Waals surface area contributed by atoms with Gasteiger partial charge in [0, 0.05) is 13.2 Å². The number of amides is 1. The van der Waals surface area contributed by atoms with Crippen LogP contribution >= 0.6 is 0 Å². The molecule has 1 amide bonds. The van der Waals surface area contributed by atoms with Gasteiger partial charge in [0.25, 0.3) is 0 Å². The summed E-state index contributed by atoms with van der Waals surface area (Å²) in [7, 11) is -1.90. The molecule has 0 fully saturated rings. The van der Waals surface area contributed by atoms with Crippen molar-refractivity contribution in [3.05, 3.63) is 35.9 Å². The van der Waals surface area contributed by atoms with E-state index in [9.17, 15) is 9.59 Å². The van der Waals surface area contributed by atoms with Gasteiger partial charge in [0.1, 0.15) is 12.9 Å².